The molecule has 0 spiro atoms. The first-order valence-corrected chi connectivity index (χ1v) is 7.28. The minimum Gasteiger partial charge on any atom is -0.352 e. The Morgan fingerprint density at radius 3 is 2.94 bits per heavy atom. The van der Waals surface area contributed by atoms with Crippen molar-refractivity contribution in [1.82, 2.24) is 5.32 Å². The summed E-state index contributed by atoms with van der Waals surface area (Å²) in [6.07, 6.45) is 3.09. The van der Waals surface area contributed by atoms with Crippen molar-refractivity contribution in [1.29, 1.82) is 0 Å². The van der Waals surface area contributed by atoms with E-state index < -0.39 is 0 Å². The van der Waals surface area contributed by atoms with Crippen molar-refractivity contribution in [3.63, 3.8) is 0 Å². The van der Waals surface area contributed by atoms with Gasteiger partial charge in [-0.15, -0.1) is 0 Å². The van der Waals surface area contributed by atoms with Crippen molar-refractivity contribution in [2.24, 2.45) is 0 Å². The average Bonchev–Trinajstić information content (AvgIpc) is 2.28. The van der Waals surface area contributed by atoms with E-state index in [-0.39, 0.29) is 5.91 Å². The van der Waals surface area contributed by atoms with Crippen molar-refractivity contribution in [3.05, 3.63) is 34.3 Å². The molecule has 1 unspecified atom stereocenters. The fourth-order valence-electron chi connectivity index (χ4n) is 1.24. The van der Waals surface area contributed by atoms with Crippen LogP contribution in [-0.2, 0) is 0 Å². The molecule has 1 rings (SSSR count). The van der Waals surface area contributed by atoms with E-state index in [0.717, 1.165) is 17.4 Å². The third-order valence-corrected chi connectivity index (χ3v) is 3.86. The standard InChI is InChI=1S/C12H16BrNOS/c1-9(16-2)6-7-14-12(15)10-4-3-5-11(13)8-10/h3-5,8-9H,6-7H2,1-2H3,(H,14,15). The molecule has 0 heterocycles. The van der Waals surface area contributed by atoms with Gasteiger partial charge in [0.05, 0.1) is 0 Å². The van der Waals surface area contributed by atoms with Crippen LogP contribution < -0.4 is 5.32 Å². The zero-order valence-corrected chi connectivity index (χ0v) is 11.9. The number of hydrogen-bond acceptors (Lipinski definition) is 2. The summed E-state index contributed by atoms with van der Waals surface area (Å²) in [6.45, 7) is 2.89. The van der Waals surface area contributed by atoms with Crippen LogP contribution in [-0.4, -0.2) is 24.0 Å². The first-order chi connectivity index (χ1) is 7.63. The van der Waals surface area contributed by atoms with E-state index in [2.05, 4.69) is 34.4 Å². The summed E-state index contributed by atoms with van der Waals surface area (Å²) in [5.74, 6) is -0.00500. The van der Waals surface area contributed by atoms with Gasteiger partial charge in [0.2, 0.25) is 0 Å². The fourth-order valence-corrected chi connectivity index (χ4v) is 1.99. The minimum absolute atomic E-state index is 0.00500. The highest BCUT2D eigenvalue weighted by Gasteiger charge is 2.05. The highest BCUT2D eigenvalue weighted by atomic mass is 79.9. The molecule has 1 atom stereocenters. The first kappa shape index (κ1) is 13.6. The third-order valence-electron chi connectivity index (χ3n) is 2.33. The SMILES string of the molecule is CSC(C)CCNC(=O)c1cccc(Br)c1. The van der Waals surface area contributed by atoms with Crippen LogP contribution in [0.15, 0.2) is 28.7 Å². The summed E-state index contributed by atoms with van der Waals surface area (Å²) in [5.41, 5.74) is 0.700. The Kier molecular flexibility index (Phi) is 5.91. The zero-order chi connectivity index (χ0) is 12.0. The minimum atomic E-state index is -0.00500. The number of amides is 1. The molecule has 0 saturated carbocycles. The van der Waals surface area contributed by atoms with Crippen LogP contribution >= 0.6 is 27.7 Å². The molecular weight excluding hydrogens is 286 g/mol. The average molecular weight is 302 g/mol. The van der Waals surface area contributed by atoms with Crippen molar-refractivity contribution in [2.45, 2.75) is 18.6 Å². The van der Waals surface area contributed by atoms with Crippen molar-refractivity contribution in [2.75, 3.05) is 12.8 Å². The first-order valence-electron chi connectivity index (χ1n) is 5.20. The van der Waals surface area contributed by atoms with Crippen LogP contribution in [0.1, 0.15) is 23.7 Å². The second-order valence-electron chi connectivity index (χ2n) is 3.60. The highest BCUT2D eigenvalue weighted by molar-refractivity contribution is 9.10. The van der Waals surface area contributed by atoms with Gasteiger partial charge in [-0.05, 0) is 30.9 Å². The highest BCUT2D eigenvalue weighted by Crippen LogP contribution is 2.12. The largest absolute Gasteiger partial charge is 0.352 e. The Balaban J connectivity index is 2.41. The molecule has 4 heteroatoms. The van der Waals surface area contributed by atoms with E-state index in [0.29, 0.717) is 10.8 Å². The number of benzene rings is 1. The lowest BCUT2D eigenvalue weighted by Crippen LogP contribution is -2.25. The van der Waals surface area contributed by atoms with Crippen LogP contribution in [0.2, 0.25) is 0 Å². The number of thioether (sulfide) groups is 1. The number of rotatable bonds is 5. The third kappa shape index (κ3) is 4.58. The maximum Gasteiger partial charge on any atom is 0.251 e. The maximum absolute atomic E-state index is 11.7. The van der Waals surface area contributed by atoms with Crippen LogP contribution in [0.3, 0.4) is 0 Å². The Morgan fingerprint density at radius 1 is 1.56 bits per heavy atom. The van der Waals surface area contributed by atoms with Crippen LogP contribution in [0.5, 0.6) is 0 Å². The molecule has 0 bridgehead atoms. The zero-order valence-electron chi connectivity index (χ0n) is 9.50. The number of hydrogen-bond donors (Lipinski definition) is 1. The summed E-state index contributed by atoms with van der Waals surface area (Å²) in [7, 11) is 0. The molecule has 2 nitrogen and oxygen atoms in total. The van der Waals surface area contributed by atoms with E-state index in [1.54, 1.807) is 0 Å². The molecule has 1 aromatic carbocycles. The molecule has 0 aliphatic carbocycles. The smallest absolute Gasteiger partial charge is 0.251 e. The van der Waals surface area contributed by atoms with Gasteiger partial charge in [-0.1, -0.05) is 28.9 Å². The number of carbonyl (C=O) groups is 1. The summed E-state index contributed by atoms with van der Waals surface area (Å²) < 4.78 is 0.928. The number of halogens is 1. The van der Waals surface area contributed by atoms with Crippen molar-refractivity contribution >= 4 is 33.6 Å². The molecule has 1 N–H and O–H groups in total. The van der Waals surface area contributed by atoms with Crippen LogP contribution in [0, 0.1) is 0 Å². The molecule has 0 fully saturated rings. The van der Waals surface area contributed by atoms with Gasteiger partial charge in [0, 0.05) is 21.8 Å². The van der Waals surface area contributed by atoms with Gasteiger partial charge in [-0.25, -0.2) is 0 Å². The van der Waals surface area contributed by atoms with Gasteiger partial charge >= 0.3 is 0 Å². The van der Waals surface area contributed by atoms with E-state index in [1.807, 2.05) is 36.0 Å². The van der Waals surface area contributed by atoms with Gasteiger partial charge in [0.15, 0.2) is 0 Å². The molecule has 1 amide bonds. The Hall–Kier alpha value is -0.480. The topological polar surface area (TPSA) is 29.1 Å². The molecule has 88 valence electrons. The summed E-state index contributed by atoms with van der Waals surface area (Å²) in [6, 6.07) is 7.42. The van der Waals surface area contributed by atoms with E-state index in [4.69, 9.17) is 0 Å². The second kappa shape index (κ2) is 6.97. The van der Waals surface area contributed by atoms with Crippen molar-refractivity contribution in [3.8, 4) is 0 Å². The molecule has 1 aromatic rings. The number of nitrogens with one attached hydrogen (secondary N) is 1. The van der Waals surface area contributed by atoms with Gasteiger partial charge in [0.1, 0.15) is 0 Å². The summed E-state index contributed by atoms with van der Waals surface area (Å²) >= 11 is 5.17. The summed E-state index contributed by atoms with van der Waals surface area (Å²) in [5, 5.41) is 3.50. The van der Waals surface area contributed by atoms with E-state index in [1.165, 1.54) is 0 Å². The van der Waals surface area contributed by atoms with E-state index >= 15 is 0 Å². The van der Waals surface area contributed by atoms with Gasteiger partial charge in [0.25, 0.3) is 5.91 Å². The lowest BCUT2D eigenvalue weighted by atomic mass is 10.2. The van der Waals surface area contributed by atoms with Gasteiger partial charge < -0.3 is 5.32 Å². The van der Waals surface area contributed by atoms with Crippen LogP contribution in [0.25, 0.3) is 0 Å². The predicted octanol–water partition coefficient (Wildman–Crippen LogP) is 3.32. The van der Waals surface area contributed by atoms with E-state index in [9.17, 15) is 4.79 Å². The number of carbonyl (C=O) groups excluding carboxylic acids is 1. The lowest BCUT2D eigenvalue weighted by molar-refractivity contribution is 0.0953. The Labute approximate surface area is 109 Å². The van der Waals surface area contributed by atoms with Gasteiger partial charge in [-0.3, -0.25) is 4.79 Å². The summed E-state index contributed by atoms with van der Waals surface area (Å²) in [4.78, 5) is 11.7. The monoisotopic (exact) mass is 301 g/mol. The van der Waals surface area contributed by atoms with Crippen LogP contribution in [0.4, 0.5) is 0 Å². The molecule has 0 aliphatic heterocycles. The quantitative estimate of drug-likeness (QED) is 0.904. The second-order valence-corrected chi connectivity index (χ2v) is 5.79. The molecule has 0 saturated heterocycles. The molecule has 0 aromatic heterocycles. The normalized spacial score (nSPS) is 12.2. The Bertz CT molecular complexity index is 357. The Morgan fingerprint density at radius 2 is 2.31 bits per heavy atom. The fraction of sp³-hybridized carbons (Fsp3) is 0.417. The molecule has 0 aliphatic rings. The maximum atomic E-state index is 11.7. The van der Waals surface area contributed by atoms with Crippen molar-refractivity contribution < 1.29 is 4.79 Å². The lowest BCUT2D eigenvalue weighted by Gasteiger charge is -2.09. The van der Waals surface area contributed by atoms with Gasteiger partial charge in [-0.2, -0.15) is 11.8 Å². The molecular formula is C12H16BrNOS. The predicted molar refractivity (Wildman–Crippen MR) is 74.1 cm³/mol. The molecule has 16 heavy (non-hydrogen) atoms. The molecule has 0 radical (unpaired) electrons.